The Bertz CT molecular complexity index is 1070. The highest BCUT2D eigenvalue weighted by Crippen LogP contribution is 2.31. The highest BCUT2D eigenvalue weighted by atomic mass is 32.1. The third kappa shape index (κ3) is 4.09. The maximum atomic E-state index is 12.9. The largest absolute Gasteiger partial charge is 0.435 e. The number of carbonyl (C=O) groups excluding carboxylic acids is 1. The first-order valence-corrected chi connectivity index (χ1v) is 11.1. The predicted molar refractivity (Wildman–Crippen MR) is 118 cm³/mol. The molecule has 0 radical (unpaired) electrons. The Morgan fingerprint density at radius 1 is 1.20 bits per heavy atom. The van der Waals surface area contributed by atoms with Crippen LogP contribution in [0.4, 0.5) is 10.8 Å². The number of hydrogen-bond acceptors (Lipinski definition) is 7. The normalized spacial score (nSPS) is 16.3. The van der Waals surface area contributed by atoms with Crippen molar-refractivity contribution >= 4 is 28.1 Å². The first-order chi connectivity index (χ1) is 14.3. The summed E-state index contributed by atoms with van der Waals surface area (Å²) in [6.07, 6.45) is 1.56. The Morgan fingerprint density at radius 2 is 2.00 bits per heavy atom. The Morgan fingerprint density at radius 3 is 2.67 bits per heavy atom. The van der Waals surface area contributed by atoms with Crippen molar-refractivity contribution in [1.82, 2.24) is 19.9 Å². The van der Waals surface area contributed by atoms with Gasteiger partial charge in [0.15, 0.2) is 11.0 Å². The van der Waals surface area contributed by atoms with Gasteiger partial charge in [0.2, 0.25) is 5.76 Å². The number of anilines is 2. The molecule has 1 fully saturated rings. The van der Waals surface area contributed by atoms with E-state index in [0.29, 0.717) is 36.9 Å². The number of nitrogens with one attached hydrogen (secondary N) is 1. The summed E-state index contributed by atoms with van der Waals surface area (Å²) < 4.78 is 5.66. The molecule has 4 heterocycles. The van der Waals surface area contributed by atoms with Crippen molar-refractivity contribution in [2.75, 3.05) is 18.4 Å². The molecule has 1 atom stereocenters. The van der Waals surface area contributed by atoms with Crippen molar-refractivity contribution in [2.45, 2.75) is 53.4 Å². The summed E-state index contributed by atoms with van der Waals surface area (Å²) in [5.74, 6) is 1.09. The zero-order chi connectivity index (χ0) is 21.4. The van der Waals surface area contributed by atoms with Gasteiger partial charge < -0.3 is 14.6 Å². The van der Waals surface area contributed by atoms with Crippen LogP contribution in [0.5, 0.6) is 0 Å². The van der Waals surface area contributed by atoms with Crippen LogP contribution >= 0.6 is 11.3 Å². The number of amides is 1. The second-order valence-electron chi connectivity index (χ2n) is 7.82. The number of hydrogen-bond donors (Lipinski definition) is 1. The van der Waals surface area contributed by atoms with Crippen LogP contribution < -0.4 is 5.32 Å². The first-order valence-electron chi connectivity index (χ1n) is 10.3. The minimum Gasteiger partial charge on any atom is -0.435 e. The van der Waals surface area contributed by atoms with E-state index in [1.54, 1.807) is 11.3 Å². The van der Waals surface area contributed by atoms with E-state index >= 15 is 0 Å². The van der Waals surface area contributed by atoms with Crippen molar-refractivity contribution < 1.29 is 9.21 Å². The quantitative estimate of drug-likeness (QED) is 0.638. The van der Waals surface area contributed by atoms with Crippen LogP contribution in [0.25, 0.3) is 0 Å². The number of carbonyl (C=O) groups is 1. The van der Waals surface area contributed by atoms with Crippen LogP contribution in [-0.2, 0) is 6.42 Å². The molecule has 8 heteroatoms. The lowest BCUT2D eigenvalue weighted by atomic mass is 10.0. The maximum Gasteiger partial charge on any atom is 0.291 e. The highest BCUT2D eigenvalue weighted by molar-refractivity contribution is 7.15. The Hall–Kier alpha value is -2.74. The molecule has 1 aliphatic rings. The van der Waals surface area contributed by atoms with Crippen LogP contribution in [0, 0.1) is 27.7 Å². The molecule has 7 nitrogen and oxygen atoms in total. The van der Waals surface area contributed by atoms with Gasteiger partial charge in [-0.1, -0.05) is 6.92 Å². The fourth-order valence-corrected chi connectivity index (χ4v) is 4.59. The number of aryl methyl sites for hydroxylation is 5. The fraction of sp³-hybridized carbons (Fsp3) is 0.455. The van der Waals surface area contributed by atoms with E-state index in [9.17, 15) is 4.79 Å². The summed E-state index contributed by atoms with van der Waals surface area (Å²) in [6.45, 7) is 11.2. The second-order valence-corrected chi connectivity index (χ2v) is 9.02. The van der Waals surface area contributed by atoms with Gasteiger partial charge in [-0.25, -0.2) is 9.97 Å². The molecule has 1 amide bonds. The molecule has 158 valence electrons. The molecule has 0 saturated carbocycles. The number of thiazole rings is 1. The van der Waals surface area contributed by atoms with Gasteiger partial charge in [0.25, 0.3) is 5.91 Å². The van der Waals surface area contributed by atoms with Gasteiger partial charge in [0.05, 0.1) is 11.4 Å². The monoisotopic (exact) mass is 425 g/mol. The number of pyridine rings is 1. The third-order valence-corrected chi connectivity index (χ3v) is 6.47. The van der Waals surface area contributed by atoms with E-state index in [-0.39, 0.29) is 11.8 Å². The van der Waals surface area contributed by atoms with Crippen LogP contribution in [0.2, 0.25) is 0 Å². The summed E-state index contributed by atoms with van der Waals surface area (Å²) in [5, 5.41) is 4.30. The molecule has 30 heavy (non-hydrogen) atoms. The summed E-state index contributed by atoms with van der Waals surface area (Å²) in [4.78, 5) is 29.6. The van der Waals surface area contributed by atoms with E-state index in [4.69, 9.17) is 9.40 Å². The van der Waals surface area contributed by atoms with Crippen molar-refractivity contribution in [2.24, 2.45) is 0 Å². The molecule has 1 saturated heterocycles. The smallest absolute Gasteiger partial charge is 0.291 e. The number of aromatic nitrogens is 3. The summed E-state index contributed by atoms with van der Waals surface area (Å²) in [6, 6.07) is 4.10. The Balaban J connectivity index is 1.50. The van der Waals surface area contributed by atoms with Crippen LogP contribution in [0.3, 0.4) is 0 Å². The van der Waals surface area contributed by atoms with E-state index in [1.165, 1.54) is 4.88 Å². The number of likely N-dealkylation sites (tertiary alicyclic amines) is 1. The summed E-state index contributed by atoms with van der Waals surface area (Å²) in [7, 11) is 0. The van der Waals surface area contributed by atoms with Crippen molar-refractivity contribution in [3.8, 4) is 0 Å². The van der Waals surface area contributed by atoms with Crippen LogP contribution in [0.15, 0.2) is 16.5 Å². The van der Waals surface area contributed by atoms with Crippen LogP contribution in [0.1, 0.15) is 63.4 Å². The van der Waals surface area contributed by atoms with Crippen LogP contribution in [-0.4, -0.2) is 38.8 Å². The zero-order valence-corrected chi connectivity index (χ0v) is 18.9. The SMILES string of the molecule is CCc1nc(C)c(C(=O)N2CC[C@H](c3cc(Nc4nc(C)c(C)s4)cc(C)n3)C2)o1. The zero-order valence-electron chi connectivity index (χ0n) is 18.1. The highest BCUT2D eigenvalue weighted by Gasteiger charge is 2.32. The molecule has 3 aromatic rings. The summed E-state index contributed by atoms with van der Waals surface area (Å²) >= 11 is 1.65. The molecule has 0 spiro atoms. The molecule has 0 aromatic carbocycles. The lowest BCUT2D eigenvalue weighted by Crippen LogP contribution is -2.28. The third-order valence-electron chi connectivity index (χ3n) is 5.48. The summed E-state index contributed by atoms with van der Waals surface area (Å²) in [5.41, 5.74) is 4.64. The lowest BCUT2D eigenvalue weighted by Gasteiger charge is -2.16. The molecule has 4 rings (SSSR count). The van der Waals surface area contributed by atoms with Gasteiger partial charge in [0.1, 0.15) is 0 Å². The number of oxazole rings is 1. The first kappa shape index (κ1) is 20.5. The minimum atomic E-state index is -0.0815. The second kappa shape index (κ2) is 8.18. The van der Waals surface area contributed by atoms with Gasteiger partial charge in [-0.15, -0.1) is 11.3 Å². The van der Waals surface area contributed by atoms with Gasteiger partial charge >= 0.3 is 0 Å². The van der Waals surface area contributed by atoms with Gasteiger partial charge in [-0.2, -0.15) is 0 Å². The molecule has 0 bridgehead atoms. The predicted octanol–water partition coefficient (Wildman–Crippen LogP) is 4.70. The molecule has 0 aliphatic carbocycles. The molecular weight excluding hydrogens is 398 g/mol. The van der Waals surface area contributed by atoms with E-state index in [2.05, 4.69) is 28.3 Å². The molecule has 1 N–H and O–H groups in total. The van der Waals surface area contributed by atoms with Crippen molar-refractivity contribution in [3.05, 3.63) is 51.4 Å². The lowest BCUT2D eigenvalue weighted by molar-refractivity contribution is 0.0756. The van der Waals surface area contributed by atoms with Gasteiger partial charge in [0, 0.05) is 47.4 Å². The molecular formula is C22H27N5O2S. The minimum absolute atomic E-state index is 0.0815. The van der Waals surface area contributed by atoms with Gasteiger partial charge in [-0.3, -0.25) is 9.78 Å². The van der Waals surface area contributed by atoms with Gasteiger partial charge in [-0.05, 0) is 46.2 Å². The number of rotatable bonds is 5. The molecule has 3 aromatic heterocycles. The maximum absolute atomic E-state index is 12.9. The molecule has 1 aliphatic heterocycles. The standard InChI is InChI=1S/C22H27N5O2S/c1-6-19-24-14(4)20(29-19)21(28)27-8-7-16(11-27)18-10-17(9-12(2)23-18)26-22-25-13(3)15(5)30-22/h9-10,16H,6-8,11H2,1-5H3,(H,23,25,26)/t16-/m0/s1. The number of nitrogens with zero attached hydrogens (tertiary/aromatic N) is 4. The van der Waals surface area contributed by atoms with Crippen molar-refractivity contribution in [3.63, 3.8) is 0 Å². The van der Waals surface area contributed by atoms with E-state index in [1.807, 2.05) is 38.7 Å². The Labute approximate surface area is 180 Å². The van der Waals surface area contributed by atoms with E-state index < -0.39 is 0 Å². The van der Waals surface area contributed by atoms with Crippen molar-refractivity contribution in [1.29, 1.82) is 0 Å². The molecule has 0 unspecified atom stereocenters. The average Bonchev–Trinajstić information content (AvgIpc) is 3.40. The average molecular weight is 426 g/mol. The Kier molecular flexibility index (Phi) is 5.60. The fourth-order valence-electron chi connectivity index (χ4n) is 3.76. The topological polar surface area (TPSA) is 84.2 Å². The van der Waals surface area contributed by atoms with E-state index in [0.717, 1.165) is 34.3 Å².